The van der Waals surface area contributed by atoms with Gasteiger partial charge in [-0.2, -0.15) is 4.98 Å². The molecular formula is C13H10ClN5O2. The molecule has 2 aromatic heterocycles. The van der Waals surface area contributed by atoms with Crippen LogP contribution in [0.5, 0.6) is 5.88 Å². The van der Waals surface area contributed by atoms with E-state index < -0.39 is 0 Å². The first-order valence-electron chi connectivity index (χ1n) is 5.97. The maximum Gasteiger partial charge on any atom is 0.326 e. The highest BCUT2D eigenvalue weighted by Gasteiger charge is 2.11. The lowest BCUT2D eigenvalue weighted by atomic mass is 10.3. The number of nitrogens with zero attached hydrogens (tertiary/aromatic N) is 4. The Hall–Kier alpha value is -2.67. The van der Waals surface area contributed by atoms with Crippen LogP contribution < -0.4 is 10.1 Å². The van der Waals surface area contributed by atoms with Gasteiger partial charge in [0.1, 0.15) is 5.69 Å². The first kappa shape index (κ1) is 13.3. The minimum absolute atomic E-state index is 0.233. The fourth-order valence-electron chi connectivity index (χ4n) is 1.62. The summed E-state index contributed by atoms with van der Waals surface area (Å²) in [4.78, 5) is 12.4. The molecule has 0 amide bonds. The van der Waals surface area contributed by atoms with Crippen molar-refractivity contribution in [1.29, 1.82) is 0 Å². The maximum absolute atomic E-state index is 5.91. The zero-order valence-electron chi connectivity index (χ0n) is 10.9. The number of rotatable bonds is 4. The van der Waals surface area contributed by atoms with Crippen molar-refractivity contribution >= 4 is 23.3 Å². The van der Waals surface area contributed by atoms with E-state index in [-0.39, 0.29) is 6.01 Å². The van der Waals surface area contributed by atoms with Crippen LogP contribution in [0.15, 0.2) is 41.2 Å². The standard InChI is InChI=1S/C13H10ClN5O2/c1-20-11-7-15-6-10(17-11)12-18-13(21-19-12)16-9-4-2-3-8(14)5-9/h2-7H,1H3,(H,16,18,19). The first-order valence-corrected chi connectivity index (χ1v) is 6.35. The molecule has 1 N–H and O–H groups in total. The summed E-state index contributed by atoms with van der Waals surface area (Å²) in [5, 5.41) is 7.41. The van der Waals surface area contributed by atoms with Gasteiger partial charge in [-0.3, -0.25) is 4.98 Å². The Bertz CT molecular complexity index is 762. The number of ether oxygens (including phenoxy) is 1. The number of hydrogen-bond acceptors (Lipinski definition) is 7. The highest BCUT2D eigenvalue weighted by Crippen LogP contribution is 2.21. The number of benzene rings is 1. The first-order chi connectivity index (χ1) is 10.2. The van der Waals surface area contributed by atoms with Gasteiger partial charge in [0.2, 0.25) is 11.7 Å². The van der Waals surface area contributed by atoms with Gasteiger partial charge in [-0.15, -0.1) is 0 Å². The van der Waals surface area contributed by atoms with E-state index in [2.05, 4.69) is 25.4 Å². The summed E-state index contributed by atoms with van der Waals surface area (Å²) in [5.41, 5.74) is 1.20. The van der Waals surface area contributed by atoms with Crippen LogP contribution in [0.3, 0.4) is 0 Å². The van der Waals surface area contributed by atoms with E-state index in [9.17, 15) is 0 Å². The molecule has 0 bridgehead atoms. The van der Waals surface area contributed by atoms with Crippen molar-refractivity contribution in [2.45, 2.75) is 0 Å². The number of anilines is 2. The zero-order chi connectivity index (χ0) is 14.7. The molecule has 0 radical (unpaired) electrons. The van der Waals surface area contributed by atoms with Gasteiger partial charge in [-0.05, 0) is 18.2 Å². The molecule has 3 rings (SSSR count). The highest BCUT2D eigenvalue weighted by atomic mass is 35.5. The lowest BCUT2D eigenvalue weighted by Crippen LogP contribution is -1.93. The summed E-state index contributed by atoms with van der Waals surface area (Å²) < 4.78 is 10.1. The molecule has 0 aliphatic carbocycles. The van der Waals surface area contributed by atoms with Crippen molar-refractivity contribution in [2.24, 2.45) is 0 Å². The van der Waals surface area contributed by atoms with Gasteiger partial charge in [-0.25, -0.2) is 4.98 Å². The minimum Gasteiger partial charge on any atom is -0.480 e. The fraction of sp³-hybridized carbons (Fsp3) is 0.0769. The number of hydrogen-bond donors (Lipinski definition) is 1. The Balaban J connectivity index is 1.82. The van der Waals surface area contributed by atoms with E-state index in [1.165, 1.54) is 19.5 Å². The van der Waals surface area contributed by atoms with Crippen molar-refractivity contribution in [3.8, 4) is 17.4 Å². The van der Waals surface area contributed by atoms with Crippen LogP contribution in [-0.4, -0.2) is 27.2 Å². The van der Waals surface area contributed by atoms with Gasteiger partial charge < -0.3 is 14.6 Å². The van der Waals surface area contributed by atoms with Gasteiger partial charge >= 0.3 is 6.01 Å². The van der Waals surface area contributed by atoms with Gasteiger partial charge in [0, 0.05) is 10.7 Å². The molecule has 106 valence electrons. The normalized spacial score (nSPS) is 10.4. The van der Waals surface area contributed by atoms with Crippen molar-refractivity contribution in [3.05, 3.63) is 41.7 Å². The molecule has 0 fully saturated rings. The summed E-state index contributed by atoms with van der Waals surface area (Å²) in [5.74, 6) is 0.688. The minimum atomic E-state index is 0.233. The SMILES string of the molecule is COc1cncc(-c2noc(Nc3cccc(Cl)c3)n2)n1. The Morgan fingerprint density at radius 1 is 1.24 bits per heavy atom. The predicted molar refractivity (Wildman–Crippen MR) is 76.6 cm³/mol. The largest absolute Gasteiger partial charge is 0.480 e. The molecule has 7 nitrogen and oxygen atoms in total. The van der Waals surface area contributed by atoms with Crippen LogP contribution in [0.2, 0.25) is 5.02 Å². The highest BCUT2D eigenvalue weighted by molar-refractivity contribution is 6.30. The third-order valence-electron chi connectivity index (χ3n) is 2.55. The van der Waals surface area contributed by atoms with E-state index in [1.54, 1.807) is 12.1 Å². The second-order valence-corrected chi connectivity index (χ2v) is 4.44. The maximum atomic E-state index is 5.91. The average molecular weight is 304 g/mol. The summed E-state index contributed by atoms with van der Waals surface area (Å²) in [6.45, 7) is 0. The van der Waals surface area contributed by atoms with Crippen molar-refractivity contribution in [3.63, 3.8) is 0 Å². The fourth-order valence-corrected chi connectivity index (χ4v) is 1.81. The Labute approximate surface area is 125 Å². The molecule has 2 heterocycles. The van der Waals surface area contributed by atoms with E-state index in [4.69, 9.17) is 20.9 Å². The molecule has 0 aliphatic heterocycles. The van der Waals surface area contributed by atoms with E-state index >= 15 is 0 Å². The van der Waals surface area contributed by atoms with Crippen LogP contribution in [-0.2, 0) is 0 Å². The van der Waals surface area contributed by atoms with E-state index in [1.807, 2.05) is 12.1 Å². The Morgan fingerprint density at radius 3 is 2.95 bits per heavy atom. The molecule has 0 aliphatic rings. The van der Waals surface area contributed by atoms with Crippen LogP contribution in [0.1, 0.15) is 0 Å². The number of nitrogens with one attached hydrogen (secondary N) is 1. The molecule has 0 saturated heterocycles. The monoisotopic (exact) mass is 303 g/mol. The molecule has 0 spiro atoms. The zero-order valence-corrected chi connectivity index (χ0v) is 11.7. The summed E-state index contributed by atoms with van der Waals surface area (Å²) in [6, 6.07) is 7.41. The van der Waals surface area contributed by atoms with Crippen molar-refractivity contribution in [2.75, 3.05) is 12.4 Å². The molecule has 3 aromatic rings. The molecule has 0 saturated carbocycles. The van der Waals surface area contributed by atoms with Crippen LogP contribution in [0.4, 0.5) is 11.7 Å². The molecule has 8 heteroatoms. The van der Waals surface area contributed by atoms with Gasteiger partial charge in [0.25, 0.3) is 0 Å². The van der Waals surface area contributed by atoms with Crippen molar-refractivity contribution < 1.29 is 9.26 Å². The number of halogens is 1. The third-order valence-corrected chi connectivity index (χ3v) is 2.79. The number of aromatic nitrogens is 4. The summed E-state index contributed by atoms with van der Waals surface area (Å²) in [7, 11) is 1.51. The lowest BCUT2D eigenvalue weighted by Gasteiger charge is -2.00. The van der Waals surface area contributed by atoms with Crippen LogP contribution >= 0.6 is 11.6 Å². The van der Waals surface area contributed by atoms with E-state index in [0.717, 1.165) is 5.69 Å². The van der Waals surface area contributed by atoms with Gasteiger partial charge in [-0.1, -0.05) is 22.8 Å². The summed E-state index contributed by atoms with van der Waals surface area (Å²) >= 11 is 5.91. The molecule has 0 atom stereocenters. The molecule has 1 aromatic carbocycles. The Kier molecular flexibility index (Phi) is 3.65. The van der Waals surface area contributed by atoms with Crippen LogP contribution in [0.25, 0.3) is 11.5 Å². The van der Waals surface area contributed by atoms with Gasteiger partial charge in [0.15, 0.2) is 0 Å². The molecule has 21 heavy (non-hydrogen) atoms. The quantitative estimate of drug-likeness (QED) is 0.793. The second-order valence-electron chi connectivity index (χ2n) is 4.01. The smallest absolute Gasteiger partial charge is 0.326 e. The molecule has 0 unspecified atom stereocenters. The second kappa shape index (κ2) is 5.76. The van der Waals surface area contributed by atoms with E-state index in [0.29, 0.717) is 22.4 Å². The molecular weight excluding hydrogens is 294 g/mol. The average Bonchev–Trinajstić information content (AvgIpc) is 2.96. The van der Waals surface area contributed by atoms with Crippen LogP contribution in [0, 0.1) is 0 Å². The van der Waals surface area contributed by atoms with Gasteiger partial charge in [0.05, 0.1) is 19.5 Å². The third kappa shape index (κ3) is 3.09. The number of methoxy groups -OCH3 is 1. The van der Waals surface area contributed by atoms with Crippen molar-refractivity contribution in [1.82, 2.24) is 20.1 Å². The lowest BCUT2D eigenvalue weighted by molar-refractivity contribution is 0.396. The summed E-state index contributed by atoms with van der Waals surface area (Å²) in [6.07, 6.45) is 3.02. The predicted octanol–water partition coefficient (Wildman–Crippen LogP) is 2.93. The Morgan fingerprint density at radius 2 is 2.14 bits per heavy atom. The topological polar surface area (TPSA) is 86.0 Å².